The molecule has 0 fully saturated rings. The predicted octanol–water partition coefficient (Wildman–Crippen LogP) is 8.71. The maximum atomic E-state index is 2.31. The van der Waals surface area contributed by atoms with Gasteiger partial charge in [-0.15, -0.1) is 0 Å². The Bertz CT molecular complexity index is 1010. The highest BCUT2D eigenvalue weighted by atomic mass is 31.1. The molecule has 194 valence electrons. The lowest BCUT2D eigenvalue weighted by Crippen LogP contribution is -2.15. The van der Waals surface area contributed by atoms with Gasteiger partial charge in [0.05, 0.1) is 0 Å². The fraction of sp³-hybridized carbons (Fsp3) is 0.222. The zero-order chi connectivity index (χ0) is 26.1. The predicted molar refractivity (Wildman–Crippen MR) is 174 cm³/mol. The summed E-state index contributed by atoms with van der Waals surface area (Å²) in [5.74, 6) is 0. The molecule has 0 spiro atoms. The van der Waals surface area contributed by atoms with E-state index in [1.165, 1.54) is 72.1 Å². The van der Waals surface area contributed by atoms with Crippen LogP contribution in [0.3, 0.4) is 0 Å². The standard InChI is InChI=1S/C28H28P2.C8H12/c1-5-15-25(16-6-1)29(26-17-7-2-8-18-26)23-13-14-24-30(27-19-9-3-10-20-27)28-21-11-4-12-22-28;1-2-4-6-8-7-5-3-1/h1-12,15-22H,13-14,23-24H2;1-2,7-8H,3-6H2. The summed E-state index contributed by atoms with van der Waals surface area (Å²) >= 11 is 0. The molecule has 4 aromatic carbocycles. The third-order valence-corrected chi connectivity index (χ3v) is 11.8. The smallest absolute Gasteiger partial charge is 0.0195 e. The van der Waals surface area contributed by atoms with Gasteiger partial charge >= 0.3 is 0 Å². The third kappa shape index (κ3) is 9.51. The molecule has 1 aliphatic carbocycles. The molecule has 0 aromatic heterocycles. The van der Waals surface area contributed by atoms with Gasteiger partial charge in [0.15, 0.2) is 0 Å². The number of unbranched alkanes of at least 4 members (excludes halogenated alkanes) is 1. The molecule has 0 N–H and O–H groups in total. The molecule has 5 rings (SSSR count). The molecule has 0 saturated heterocycles. The van der Waals surface area contributed by atoms with E-state index in [0.29, 0.717) is 0 Å². The SMILES string of the molecule is C1=CCCC=CCC1.c1ccc(P(CCCCP(c2ccccc2)c2ccccc2)c2ccccc2)cc1. The lowest BCUT2D eigenvalue weighted by Gasteiger charge is -2.21. The van der Waals surface area contributed by atoms with Crippen molar-refractivity contribution in [1.29, 1.82) is 0 Å². The van der Waals surface area contributed by atoms with Gasteiger partial charge in [0.25, 0.3) is 0 Å². The molecule has 38 heavy (non-hydrogen) atoms. The molecule has 4 aromatic rings. The maximum absolute atomic E-state index is 2.31. The van der Waals surface area contributed by atoms with E-state index in [9.17, 15) is 0 Å². The van der Waals surface area contributed by atoms with E-state index in [1.54, 1.807) is 0 Å². The molecule has 0 aliphatic heterocycles. The van der Waals surface area contributed by atoms with Crippen molar-refractivity contribution in [2.75, 3.05) is 12.3 Å². The van der Waals surface area contributed by atoms with Gasteiger partial charge in [0.2, 0.25) is 0 Å². The number of hydrogen-bond acceptors (Lipinski definition) is 0. The van der Waals surface area contributed by atoms with Gasteiger partial charge in [-0.2, -0.15) is 0 Å². The van der Waals surface area contributed by atoms with E-state index < -0.39 is 0 Å². The van der Waals surface area contributed by atoms with Gasteiger partial charge in [-0.25, -0.2) is 0 Å². The van der Waals surface area contributed by atoms with E-state index in [-0.39, 0.29) is 15.8 Å². The normalized spacial score (nSPS) is 13.0. The van der Waals surface area contributed by atoms with Crippen LogP contribution in [0.15, 0.2) is 146 Å². The van der Waals surface area contributed by atoms with Crippen molar-refractivity contribution in [3.8, 4) is 0 Å². The van der Waals surface area contributed by atoms with Crippen LogP contribution >= 0.6 is 15.8 Å². The molecule has 2 heteroatoms. The summed E-state index contributed by atoms with van der Waals surface area (Å²) in [6.07, 6.45) is 19.1. The van der Waals surface area contributed by atoms with Crippen LogP contribution in [0.2, 0.25) is 0 Å². The summed E-state index contributed by atoms with van der Waals surface area (Å²) < 4.78 is 0. The fourth-order valence-electron chi connectivity index (χ4n) is 4.64. The Balaban J connectivity index is 0.000000360. The van der Waals surface area contributed by atoms with Crippen LogP contribution in [0.25, 0.3) is 0 Å². The minimum atomic E-state index is -0.283. The first-order chi connectivity index (χ1) is 18.9. The van der Waals surface area contributed by atoms with E-state index >= 15 is 0 Å². The van der Waals surface area contributed by atoms with Crippen molar-refractivity contribution in [1.82, 2.24) is 0 Å². The van der Waals surface area contributed by atoms with Crippen molar-refractivity contribution in [3.05, 3.63) is 146 Å². The fourth-order valence-corrected chi connectivity index (χ4v) is 9.48. The van der Waals surface area contributed by atoms with Crippen LogP contribution in [-0.2, 0) is 0 Å². The Morgan fingerprint density at radius 3 is 0.816 bits per heavy atom. The van der Waals surface area contributed by atoms with Crippen LogP contribution < -0.4 is 21.2 Å². The highest BCUT2D eigenvalue weighted by Crippen LogP contribution is 2.38. The molecule has 0 heterocycles. The second kappa shape index (κ2) is 16.9. The minimum Gasteiger partial charge on any atom is -0.0882 e. The van der Waals surface area contributed by atoms with Crippen molar-refractivity contribution in [3.63, 3.8) is 0 Å². The summed E-state index contributed by atoms with van der Waals surface area (Å²) in [6, 6.07) is 44.3. The summed E-state index contributed by atoms with van der Waals surface area (Å²) in [7, 11) is -0.566. The van der Waals surface area contributed by atoms with Crippen LogP contribution in [0.1, 0.15) is 38.5 Å². The summed E-state index contributed by atoms with van der Waals surface area (Å²) in [5, 5.41) is 5.97. The topological polar surface area (TPSA) is 0 Å². The quantitative estimate of drug-likeness (QED) is 0.114. The minimum absolute atomic E-state index is 0.283. The third-order valence-electron chi connectivity index (χ3n) is 6.62. The summed E-state index contributed by atoms with van der Waals surface area (Å²) in [6.45, 7) is 0. The van der Waals surface area contributed by atoms with Crippen molar-refractivity contribution in [2.45, 2.75) is 38.5 Å². The van der Waals surface area contributed by atoms with Crippen molar-refractivity contribution < 1.29 is 0 Å². The highest BCUT2D eigenvalue weighted by Gasteiger charge is 2.16. The number of allylic oxidation sites excluding steroid dienone is 4. The average molecular weight is 535 g/mol. The van der Waals surface area contributed by atoms with Crippen LogP contribution in [0.4, 0.5) is 0 Å². The molecule has 0 amide bonds. The Labute approximate surface area is 233 Å². The summed E-state index contributed by atoms with van der Waals surface area (Å²) in [5.41, 5.74) is 0. The number of hydrogen-bond donors (Lipinski definition) is 0. The maximum Gasteiger partial charge on any atom is -0.0195 e. The van der Waals surface area contributed by atoms with E-state index in [0.717, 1.165) is 0 Å². The van der Waals surface area contributed by atoms with E-state index in [4.69, 9.17) is 0 Å². The zero-order valence-electron chi connectivity index (χ0n) is 22.4. The van der Waals surface area contributed by atoms with Gasteiger partial charge in [-0.1, -0.05) is 146 Å². The van der Waals surface area contributed by atoms with Crippen LogP contribution in [0, 0.1) is 0 Å². The van der Waals surface area contributed by atoms with E-state index in [1.807, 2.05) is 0 Å². The van der Waals surface area contributed by atoms with Gasteiger partial charge in [0.1, 0.15) is 0 Å². The van der Waals surface area contributed by atoms with Gasteiger partial charge in [-0.05, 0) is 87.9 Å². The first-order valence-electron chi connectivity index (χ1n) is 14.0. The first kappa shape index (κ1) is 28.2. The van der Waals surface area contributed by atoms with Gasteiger partial charge in [0, 0.05) is 0 Å². The Morgan fingerprint density at radius 2 is 0.579 bits per heavy atom. The monoisotopic (exact) mass is 534 g/mol. The molecular formula is C36H40P2. The highest BCUT2D eigenvalue weighted by molar-refractivity contribution is 7.73. The molecule has 1 aliphatic rings. The Hall–Kier alpha value is -2.78. The molecule has 0 saturated carbocycles. The molecule has 0 radical (unpaired) electrons. The molecule has 0 atom stereocenters. The van der Waals surface area contributed by atoms with Gasteiger partial charge < -0.3 is 0 Å². The number of benzene rings is 4. The zero-order valence-corrected chi connectivity index (χ0v) is 24.2. The van der Waals surface area contributed by atoms with Crippen LogP contribution in [0.5, 0.6) is 0 Å². The average Bonchev–Trinajstić information content (AvgIpc) is 2.97. The molecule has 0 bridgehead atoms. The Morgan fingerprint density at radius 1 is 0.342 bits per heavy atom. The second-order valence-corrected chi connectivity index (χ2v) is 14.1. The van der Waals surface area contributed by atoms with Gasteiger partial charge in [-0.3, -0.25) is 0 Å². The molecule has 0 unspecified atom stereocenters. The first-order valence-corrected chi connectivity index (χ1v) is 17.0. The lowest BCUT2D eigenvalue weighted by atomic mass is 10.1. The Kier molecular flexibility index (Phi) is 12.6. The summed E-state index contributed by atoms with van der Waals surface area (Å²) in [4.78, 5) is 0. The van der Waals surface area contributed by atoms with Crippen LogP contribution in [-0.4, -0.2) is 12.3 Å². The van der Waals surface area contributed by atoms with Crippen molar-refractivity contribution in [2.24, 2.45) is 0 Å². The largest absolute Gasteiger partial charge is 0.0882 e. The lowest BCUT2D eigenvalue weighted by molar-refractivity contribution is 0.902. The van der Waals surface area contributed by atoms with E-state index in [2.05, 4.69) is 146 Å². The van der Waals surface area contributed by atoms with Crippen molar-refractivity contribution >= 4 is 37.1 Å². The second-order valence-electron chi connectivity index (χ2n) is 9.45. The number of rotatable bonds is 9. The molecular weight excluding hydrogens is 494 g/mol. The molecule has 0 nitrogen and oxygen atoms in total.